The highest BCUT2D eigenvalue weighted by atomic mass is 35.5. The zero-order valence-corrected chi connectivity index (χ0v) is 14.4. The molecular formula is C17H16ClN3OS. The molecule has 0 bridgehead atoms. The summed E-state index contributed by atoms with van der Waals surface area (Å²) >= 11 is 7.35. The summed E-state index contributed by atoms with van der Waals surface area (Å²) in [5.41, 5.74) is 2.39. The second kappa shape index (κ2) is 6.64. The van der Waals surface area contributed by atoms with Gasteiger partial charge in [-0.2, -0.15) is 0 Å². The molecule has 6 heteroatoms. The first-order valence-electron chi connectivity index (χ1n) is 7.30. The zero-order chi connectivity index (χ0) is 16.4. The Morgan fingerprint density at radius 3 is 2.87 bits per heavy atom. The summed E-state index contributed by atoms with van der Waals surface area (Å²) in [6.07, 6.45) is 3.51. The Kier molecular flexibility index (Phi) is 4.59. The molecule has 0 N–H and O–H groups in total. The van der Waals surface area contributed by atoms with Gasteiger partial charge in [0.15, 0.2) is 4.47 Å². The second-order valence-corrected chi connectivity index (χ2v) is 7.15. The number of rotatable bonds is 4. The van der Waals surface area contributed by atoms with Crippen molar-refractivity contribution in [3.05, 3.63) is 58.3 Å². The van der Waals surface area contributed by atoms with Crippen LogP contribution in [0.3, 0.4) is 0 Å². The average Bonchev–Trinajstić information content (AvgIpc) is 2.91. The minimum atomic E-state index is -0.0186. The van der Waals surface area contributed by atoms with Gasteiger partial charge in [-0.05, 0) is 43.7 Å². The average molecular weight is 346 g/mol. The lowest BCUT2D eigenvalue weighted by molar-refractivity contribution is 0.0690. The number of benzene rings is 1. The van der Waals surface area contributed by atoms with Crippen molar-refractivity contribution in [1.29, 1.82) is 0 Å². The number of thiazole rings is 1. The highest BCUT2D eigenvalue weighted by Gasteiger charge is 2.20. The zero-order valence-electron chi connectivity index (χ0n) is 12.9. The predicted octanol–water partition coefficient (Wildman–Crippen LogP) is 4.40. The summed E-state index contributed by atoms with van der Waals surface area (Å²) in [6, 6.07) is 9.46. The molecule has 118 valence electrons. The van der Waals surface area contributed by atoms with E-state index in [9.17, 15) is 4.79 Å². The van der Waals surface area contributed by atoms with Gasteiger partial charge in [0.05, 0.1) is 10.2 Å². The molecule has 2 aromatic heterocycles. The second-order valence-electron chi connectivity index (χ2n) is 5.54. The molecule has 0 aliphatic rings. The van der Waals surface area contributed by atoms with E-state index in [1.807, 2.05) is 43.0 Å². The van der Waals surface area contributed by atoms with Crippen molar-refractivity contribution in [2.75, 3.05) is 0 Å². The molecule has 3 rings (SSSR count). The number of pyridine rings is 1. The fourth-order valence-electron chi connectivity index (χ4n) is 2.38. The van der Waals surface area contributed by atoms with Crippen LogP contribution >= 0.6 is 22.9 Å². The molecule has 0 saturated carbocycles. The minimum absolute atomic E-state index is 0.0186. The van der Waals surface area contributed by atoms with Gasteiger partial charge >= 0.3 is 0 Å². The number of hydrogen-bond acceptors (Lipinski definition) is 4. The molecule has 0 fully saturated rings. The van der Waals surface area contributed by atoms with E-state index in [2.05, 4.69) is 9.97 Å². The molecule has 1 amide bonds. The smallest absolute Gasteiger partial charge is 0.254 e. The lowest BCUT2D eigenvalue weighted by atomic mass is 10.1. The molecule has 0 spiro atoms. The van der Waals surface area contributed by atoms with Gasteiger partial charge in [0.2, 0.25) is 0 Å². The van der Waals surface area contributed by atoms with Gasteiger partial charge in [0, 0.05) is 30.5 Å². The van der Waals surface area contributed by atoms with Crippen LogP contribution in [0.4, 0.5) is 0 Å². The van der Waals surface area contributed by atoms with Crippen LogP contribution in [0.2, 0.25) is 4.47 Å². The van der Waals surface area contributed by atoms with Crippen LogP contribution in [0.15, 0.2) is 42.7 Å². The van der Waals surface area contributed by atoms with E-state index in [1.54, 1.807) is 18.5 Å². The number of hydrogen-bond donors (Lipinski definition) is 0. The molecule has 0 aliphatic carbocycles. The first kappa shape index (κ1) is 15.9. The van der Waals surface area contributed by atoms with Gasteiger partial charge in [0.1, 0.15) is 0 Å². The fourth-order valence-corrected chi connectivity index (χ4v) is 3.39. The number of amides is 1. The normalized spacial score (nSPS) is 11.1. The van der Waals surface area contributed by atoms with E-state index in [-0.39, 0.29) is 11.9 Å². The Morgan fingerprint density at radius 1 is 1.35 bits per heavy atom. The number of nitrogens with zero attached hydrogens (tertiary/aromatic N) is 3. The van der Waals surface area contributed by atoms with Crippen molar-refractivity contribution in [3.63, 3.8) is 0 Å². The van der Waals surface area contributed by atoms with Gasteiger partial charge in [-0.1, -0.05) is 17.7 Å². The van der Waals surface area contributed by atoms with Gasteiger partial charge in [-0.25, -0.2) is 4.98 Å². The van der Waals surface area contributed by atoms with E-state index < -0.39 is 0 Å². The predicted molar refractivity (Wildman–Crippen MR) is 93.9 cm³/mol. The number of carbonyl (C=O) groups excluding carboxylic acids is 1. The Hall–Kier alpha value is -1.98. The van der Waals surface area contributed by atoms with E-state index in [0.717, 1.165) is 15.8 Å². The molecule has 0 atom stereocenters. The van der Waals surface area contributed by atoms with Crippen molar-refractivity contribution in [3.8, 4) is 0 Å². The van der Waals surface area contributed by atoms with Crippen molar-refractivity contribution >= 4 is 39.1 Å². The molecule has 0 aliphatic heterocycles. The molecule has 0 radical (unpaired) electrons. The number of aromatic nitrogens is 2. The van der Waals surface area contributed by atoms with Crippen LogP contribution in [-0.4, -0.2) is 26.8 Å². The molecule has 0 unspecified atom stereocenters. The molecule has 0 saturated heterocycles. The van der Waals surface area contributed by atoms with Crippen LogP contribution in [0, 0.1) is 0 Å². The van der Waals surface area contributed by atoms with E-state index in [0.29, 0.717) is 16.6 Å². The lowest BCUT2D eigenvalue weighted by Gasteiger charge is -2.27. The Morgan fingerprint density at radius 2 is 2.17 bits per heavy atom. The van der Waals surface area contributed by atoms with Crippen molar-refractivity contribution in [2.24, 2.45) is 0 Å². The highest BCUT2D eigenvalue weighted by Crippen LogP contribution is 2.27. The first-order valence-corrected chi connectivity index (χ1v) is 8.50. The van der Waals surface area contributed by atoms with Crippen LogP contribution in [0.5, 0.6) is 0 Å². The van der Waals surface area contributed by atoms with Crippen LogP contribution in [0.25, 0.3) is 10.2 Å². The summed E-state index contributed by atoms with van der Waals surface area (Å²) in [6.45, 7) is 4.54. The van der Waals surface area contributed by atoms with Gasteiger partial charge in [-0.15, -0.1) is 11.3 Å². The Balaban J connectivity index is 1.90. The number of carbonyl (C=O) groups is 1. The summed E-state index contributed by atoms with van der Waals surface area (Å²) in [4.78, 5) is 23.1. The first-order chi connectivity index (χ1) is 11.0. The van der Waals surface area contributed by atoms with E-state index >= 15 is 0 Å². The summed E-state index contributed by atoms with van der Waals surface area (Å²) in [7, 11) is 0. The largest absolute Gasteiger partial charge is 0.332 e. The molecule has 3 aromatic rings. The Labute approximate surface area is 143 Å². The molecule has 23 heavy (non-hydrogen) atoms. The molecule has 2 heterocycles. The van der Waals surface area contributed by atoms with E-state index in [4.69, 9.17) is 11.6 Å². The van der Waals surface area contributed by atoms with Crippen molar-refractivity contribution in [1.82, 2.24) is 14.9 Å². The summed E-state index contributed by atoms with van der Waals surface area (Å²) in [5, 5.41) is 0. The highest BCUT2D eigenvalue weighted by molar-refractivity contribution is 7.22. The van der Waals surface area contributed by atoms with Gasteiger partial charge < -0.3 is 4.90 Å². The SMILES string of the molecule is CC(C)N(Cc1cccnc1)C(=O)c1ccc2sc(Cl)nc2c1. The third-order valence-electron chi connectivity index (χ3n) is 3.57. The number of halogens is 1. The maximum absolute atomic E-state index is 12.9. The van der Waals surface area contributed by atoms with Gasteiger partial charge in [0.25, 0.3) is 5.91 Å². The third-order valence-corrected chi connectivity index (χ3v) is 4.71. The molecule has 1 aromatic carbocycles. The minimum Gasteiger partial charge on any atom is -0.332 e. The maximum Gasteiger partial charge on any atom is 0.254 e. The lowest BCUT2D eigenvalue weighted by Crippen LogP contribution is -2.36. The molecular weight excluding hydrogens is 330 g/mol. The third kappa shape index (κ3) is 3.51. The standard InChI is InChI=1S/C17H16ClN3OS/c1-11(2)21(10-12-4-3-7-19-9-12)16(22)13-5-6-15-14(8-13)20-17(18)23-15/h3-9,11H,10H2,1-2H3. The van der Waals surface area contributed by atoms with E-state index in [1.165, 1.54) is 11.3 Å². The van der Waals surface area contributed by atoms with Crippen molar-refractivity contribution in [2.45, 2.75) is 26.4 Å². The van der Waals surface area contributed by atoms with Crippen LogP contribution in [0.1, 0.15) is 29.8 Å². The van der Waals surface area contributed by atoms with Crippen LogP contribution < -0.4 is 0 Å². The summed E-state index contributed by atoms with van der Waals surface area (Å²) < 4.78 is 1.47. The topological polar surface area (TPSA) is 46.1 Å². The van der Waals surface area contributed by atoms with Crippen molar-refractivity contribution < 1.29 is 4.79 Å². The quantitative estimate of drug-likeness (QED) is 0.704. The van der Waals surface area contributed by atoms with Gasteiger partial charge in [-0.3, -0.25) is 9.78 Å². The molecule has 4 nitrogen and oxygen atoms in total. The Bertz CT molecular complexity index is 832. The fraction of sp³-hybridized carbons (Fsp3) is 0.235. The van der Waals surface area contributed by atoms with Crippen LogP contribution in [-0.2, 0) is 6.54 Å². The monoisotopic (exact) mass is 345 g/mol. The summed E-state index contributed by atoms with van der Waals surface area (Å²) in [5.74, 6) is -0.0186. The number of fused-ring (bicyclic) bond motifs is 1. The maximum atomic E-state index is 12.9.